The summed E-state index contributed by atoms with van der Waals surface area (Å²) in [4.78, 5) is 0. The molecule has 92 valence electrons. The van der Waals surface area contributed by atoms with E-state index < -0.39 is 0 Å². The van der Waals surface area contributed by atoms with Gasteiger partial charge in [0, 0.05) is 12.1 Å². The summed E-state index contributed by atoms with van der Waals surface area (Å²) < 4.78 is 10.9. The lowest BCUT2D eigenvalue weighted by Crippen LogP contribution is -2.40. The minimum absolute atomic E-state index is 0.196. The van der Waals surface area contributed by atoms with Crippen molar-refractivity contribution in [3.05, 3.63) is 0 Å². The lowest BCUT2D eigenvalue weighted by atomic mass is 10.0. The third-order valence-electron chi connectivity index (χ3n) is 2.45. The average molecular weight is 217 g/mol. The molecule has 0 radical (unpaired) electrons. The molecule has 0 fully saturated rings. The van der Waals surface area contributed by atoms with Crippen molar-refractivity contribution in [1.29, 1.82) is 0 Å². The van der Waals surface area contributed by atoms with Crippen LogP contribution in [0.4, 0.5) is 0 Å². The Labute approximate surface area is 94.3 Å². The van der Waals surface area contributed by atoms with E-state index in [9.17, 15) is 0 Å². The normalized spacial score (nSPS) is 15.6. The van der Waals surface area contributed by atoms with Gasteiger partial charge < -0.3 is 15.2 Å². The minimum atomic E-state index is -0.196. The van der Waals surface area contributed by atoms with Gasteiger partial charge in [0.25, 0.3) is 0 Å². The molecule has 15 heavy (non-hydrogen) atoms. The molecule has 0 saturated carbocycles. The van der Waals surface area contributed by atoms with Crippen LogP contribution in [-0.2, 0) is 9.47 Å². The first-order valence-corrected chi connectivity index (χ1v) is 5.92. The van der Waals surface area contributed by atoms with Crippen molar-refractivity contribution in [2.24, 2.45) is 11.7 Å². The van der Waals surface area contributed by atoms with E-state index in [-0.39, 0.29) is 5.54 Å². The highest BCUT2D eigenvalue weighted by Gasteiger charge is 2.14. The number of hydrogen-bond acceptors (Lipinski definition) is 3. The molecule has 0 aromatic carbocycles. The lowest BCUT2D eigenvalue weighted by Gasteiger charge is -2.22. The largest absolute Gasteiger partial charge is 0.379 e. The first-order valence-electron chi connectivity index (χ1n) is 5.92. The fourth-order valence-corrected chi connectivity index (χ4v) is 0.946. The van der Waals surface area contributed by atoms with Crippen LogP contribution in [0.5, 0.6) is 0 Å². The van der Waals surface area contributed by atoms with Crippen LogP contribution in [0.15, 0.2) is 0 Å². The summed E-state index contributed by atoms with van der Waals surface area (Å²) in [6.07, 6.45) is 2.05. The van der Waals surface area contributed by atoms with Gasteiger partial charge in [0.15, 0.2) is 0 Å². The lowest BCUT2D eigenvalue weighted by molar-refractivity contribution is 0.0265. The molecule has 0 amide bonds. The van der Waals surface area contributed by atoms with Crippen LogP contribution < -0.4 is 5.73 Å². The van der Waals surface area contributed by atoms with E-state index in [1.54, 1.807) is 0 Å². The fourth-order valence-electron chi connectivity index (χ4n) is 0.946. The Balaban J connectivity index is 3.18. The van der Waals surface area contributed by atoms with Gasteiger partial charge in [-0.1, -0.05) is 20.8 Å². The second kappa shape index (κ2) is 8.08. The predicted molar refractivity (Wildman–Crippen MR) is 64.0 cm³/mol. The standard InChI is InChI=1S/C12H27NO2/c1-5-12(4,13)10-15-9-8-14-7-6-11(2)3/h11H,5-10,13H2,1-4H3. The minimum Gasteiger partial charge on any atom is -0.379 e. The maximum atomic E-state index is 5.93. The van der Waals surface area contributed by atoms with Gasteiger partial charge in [-0.3, -0.25) is 0 Å². The average Bonchev–Trinajstić information content (AvgIpc) is 2.16. The van der Waals surface area contributed by atoms with Crippen LogP contribution in [0.3, 0.4) is 0 Å². The molecule has 3 heteroatoms. The molecule has 0 heterocycles. The molecule has 0 aliphatic rings. The van der Waals surface area contributed by atoms with Crippen molar-refractivity contribution in [3.63, 3.8) is 0 Å². The zero-order valence-corrected chi connectivity index (χ0v) is 10.7. The summed E-state index contributed by atoms with van der Waals surface area (Å²) in [5.41, 5.74) is 5.73. The summed E-state index contributed by atoms with van der Waals surface area (Å²) in [5.74, 6) is 0.707. The molecule has 0 bridgehead atoms. The fraction of sp³-hybridized carbons (Fsp3) is 1.00. The van der Waals surface area contributed by atoms with Crippen LogP contribution in [0.2, 0.25) is 0 Å². The second-order valence-electron chi connectivity index (χ2n) is 4.86. The Kier molecular flexibility index (Phi) is 8.02. The van der Waals surface area contributed by atoms with Crippen LogP contribution in [-0.4, -0.2) is 32.0 Å². The van der Waals surface area contributed by atoms with Crippen molar-refractivity contribution < 1.29 is 9.47 Å². The van der Waals surface area contributed by atoms with Gasteiger partial charge in [0.1, 0.15) is 0 Å². The maximum absolute atomic E-state index is 5.93. The summed E-state index contributed by atoms with van der Waals surface area (Å²) in [6.45, 7) is 11.2. The number of ether oxygens (including phenoxy) is 2. The third kappa shape index (κ3) is 10.2. The van der Waals surface area contributed by atoms with Crippen LogP contribution in [0.25, 0.3) is 0 Å². The SMILES string of the molecule is CCC(C)(N)COCCOCCC(C)C. The molecule has 0 saturated heterocycles. The van der Waals surface area contributed by atoms with Crippen LogP contribution in [0.1, 0.15) is 40.5 Å². The summed E-state index contributed by atoms with van der Waals surface area (Å²) in [7, 11) is 0. The summed E-state index contributed by atoms with van der Waals surface area (Å²) >= 11 is 0. The van der Waals surface area contributed by atoms with Crippen molar-refractivity contribution >= 4 is 0 Å². The molecule has 0 aromatic heterocycles. The molecule has 0 rings (SSSR count). The summed E-state index contributed by atoms with van der Waals surface area (Å²) in [5, 5.41) is 0. The number of rotatable bonds is 9. The highest BCUT2D eigenvalue weighted by Crippen LogP contribution is 2.04. The molecule has 0 spiro atoms. The molecule has 1 unspecified atom stereocenters. The van der Waals surface area contributed by atoms with Crippen LogP contribution >= 0.6 is 0 Å². The Morgan fingerprint density at radius 2 is 1.73 bits per heavy atom. The Morgan fingerprint density at radius 1 is 1.13 bits per heavy atom. The molecule has 0 aliphatic heterocycles. The zero-order chi connectivity index (χ0) is 11.7. The van der Waals surface area contributed by atoms with Gasteiger partial charge in [-0.25, -0.2) is 0 Å². The van der Waals surface area contributed by atoms with Crippen molar-refractivity contribution in [1.82, 2.24) is 0 Å². The number of nitrogens with two attached hydrogens (primary N) is 1. The Morgan fingerprint density at radius 3 is 2.27 bits per heavy atom. The topological polar surface area (TPSA) is 44.5 Å². The van der Waals surface area contributed by atoms with Gasteiger partial charge in [0.2, 0.25) is 0 Å². The molecular formula is C12H27NO2. The smallest absolute Gasteiger partial charge is 0.0701 e. The van der Waals surface area contributed by atoms with E-state index in [0.717, 1.165) is 19.4 Å². The first kappa shape index (κ1) is 14.9. The highest BCUT2D eigenvalue weighted by atomic mass is 16.5. The van der Waals surface area contributed by atoms with E-state index in [4.69, 9.17) is 15.2 Å². The quantitative estimate of drug-likeness (QED) is 0.602. The van der Waals surface area contributed by atoms with Crippen molar-refractivity contribution in [3.8, 4) is 0 Å². The van der Waals surface area contributed by atoms with Crippen molar-refractivity contribution in [2.45, 2.75) is 46.1 Å². The molecule has 0 aliphatic carbocycles. The van der Waals surface area contributed by atoms with Crippen LogP contribution in [0, 0.1) is 5.92 Å². The van der Waals surface area contributed by atoms with E-state index in [1.165, 1.54) is 0 Å². The molecule has 0 aromatic rings. The van der Waals surface area contributed by atoms with E-state index in [2.05, 4.69) is 20.8 Å². The number of hydrogen-bond donors (Lipinski definition) is 1. The van der Waals surface area contributed by atoms with Gasteiger partial charge in [0.05, 0.1) is 19.8 Å². The second-order valence-corrected chi connectivity index (χ2v) is 4.86. The van der Waals surface area contributed by atoms with Gasteiger partial charge >= 0.3 is 0 Å². The molecular weight excluding hydrogens is 190 g/mol. The van der Waals surface area contributed by atoms with Crippen molar-refractivity contribution in [2.75, 3.05) is 26.4 Å². The monoisotopic (exact) mass is 217 g/mol. The van der Waals surface area contributed by atoms with Gasteiger partial charge in [-0.2, -0.15) is 0 Å². The molecule has 1 atom stereocenters. The Hall–Kier alpha value is -0.120. The van der Waals surface area contributed by atoms with E-state index in [1.807, 2.05) is 6.92 Å². The van der Waals surface area contributed by atoms with E-state index in [0.29, 0.717) is 25.7 Å². The van der Waals surface area contributed by atoms with Gasteiger partial charge in [-0.05, 0) is 25.7 Å². The highest BCUT2D eigenvalue weighted by molar-refractivity contribution is 4.75. The summed E-state index contributed by atoms with van der Waals surface area (Å²) in [6, 6.07) is 0. The third-order valence-corrected chi connectivity index (χ3v) is 2.45. The molecule has 3 nitrogen and oxygen atoms in total. The predicted octanol–water partition coefficient (Wildman–Crippen LogP) is 2.19. The maximum Gasteiger partial charge on any atom is 0.0701 e. The van der Waals surface area contributed by atoms with Gasteiger partial charge in [-0.15, -0.1) is 0 Å². The first-order chi connectivity index (χ1) is 6.98. The molecule has 2 N–H and O–H groups in total. The van der Waals surface area contributed by atoms with E-state index >= 15 is 0 Å². The zero-order valence-electron chi connectivity index (χ0n) is 10.7. The Bertz CT molecular complexity index is 147.